The van der Waals surface area contributed by atoms with Gasteiger partial charge in [-0.15, -0.1) is 0 Å². The van der Waals surface area contributed by atoms with Crippen LogP contribution in [0.2, 0.25) is 5.02 Å². The molecule has 0 bridgehead atoms. The van der Waals surface area contributed by atoms with E-state index in [4.69, 9.17) is 11.6 Å². The number of hydrogen-bond donors (Lipinski definition) is 0. The van der Waals surface area contributed by atoms with Gasteiger partial charge in [-0.05, 0) is 31.7 Å². The van der Waals surface area contributed by atoms with Crippen LogP contribution >= 0.6 is 11.6 Å². The molecule has 1 aromatic rings. The van der Waals surface area contributed by atoms with Gasteiger partial charge >= 0.3 is 0 Å². The van der Waals surface area contributed by atoms with Gasteiger partial charge in [-0.2, -0.15) is 4.99 Å². The van der Waals surface area contributed by atoms with Crippen molar-refractivity contribution in [2.45, 2.75) is 31.7 Å². The van der Waals surface area contributed by atoms with Crippen LogP contribution in [0.25, 0.3) is 0 Å². The van der Waals surface area contributed by atoms with Crippen LogP contribution in [0.5, 0.6) is 0 Å². The molecule has 2 rings (SSSR count). The first-order valence-electron chi connectivity index (χ1n) is 5.15. The molecule has 0 heterocycles. The Bertz CT molecular complexity index is 476. The second-order valence-corrected chi connectivity index (χ2v) is 4.52. The van der Waals surface area contributed by atoms with E-state index in [2.05, 4.69) is 4.99 Å². The maximum atomic E-state index is 13.7. The summed E-state index contributed by atoms with van der Waals surface area (Å²) in [6.07, 6.45) is 3.99. The van der Waals surface area contributed by atoms with Crippen LogP contribution in [0.15, 0.2) is 17.1 Å². The van der Waals surface area contributed by atoms with Crippen LogP contribution in [0.3, 0.4) is 0 Å². The minimum Gasteiger partial charge on any atom is -0.211 e. The lowest BCUT2D eigenvalue weighted by Crippen LogP contribution is -2.32. The molecule has 1 aromatic carbocycles. The van der Waals surface area contributed by atoms with Crippen LogP contribution in [0.4, 0.5) is 4.39 Å². The molecule has 0 amide bonds. The van der Waals surface area contributed by atoms with Crippen molar-refractivity contribution in [2.24, 2.45) is 4.99 Å². The van der Waals surface area contributed by atoms with Crippen LogP contribution in [-0.2, 0) is 10.3 Å². The molecule has 1 aliphatic rings. The van der Waals surface area contributed by atoms with Gasteiger partial charge in [-0.1, -0.05) is 23.7 Å². The highest BCUT2D eigenvalue weighted by Crippen LogP contribution is 2.47. The number of aryl methyl sites for hydroxylation is 1. The van der Waals surface area contributed by atoms with E-state index >= 15 is 0 Å². The van der Waals surface area contributed by atoms with Crippen molar-refractivity contribution in [2.75, 3.05) is 0 Å². The van der Waals surface area contributed by atoms with E-state index in [-0.39, 0.29) is 5.02 Å². The maximum Gasteiger partial charge on any atom is 0.235 e. The minimum absolute atomic E-state index is 0.0821. The summed E-state index contributed by atoms with van der Waals surface area (Å²) in [5, 5.41) is 0.0821. The zero-order chi connectivity index (χ0) is 11.8. The zero-order valence-electron chi connectivity index (χ0n) is 8.89. The van der Waals surface area contributed by atoms with E-state index in [9.17, 15) is 9.18 Å². The summed E-state index contributed by atoms with van der Waals surface area (Å²) in [4.78, 5) is 14.2. The van der Waals surface area contributed by atoms with Gasteiger partial charge in [0.1, 0.15) is 5.82 Å². The summed E-state index contributed by atoms with van der Waals surface area (Å²) in [6.45, 7) is 1.65. The lowest BCUT2D eigenvalue weighted by atomic mass is 9.72. The Hall–Kier alpha value is -1.18. The Balaban J connectivity index is 2.55. The molecule has 84 valence electrons. The lowest BCUT2D eigenvalue weighted by molar-refractivity contribution is 0.255. The normalized spacial score (nSPS) is 17.4. The molecule has 16 heavy (non-hydrogen) atoms. The van der Waals surface area contributed by atoms with Crippen LogP contribution in [-0.4, -0.2) is 6.08 Å². The molecule has 4 heteroatoms. The number of aliphatic imine (C=N–C) groups is 1. The average molecular weight is 240 g/mol. The van der Waals surface area contributed by atoms with Crippen LogP contribution in [0.1, 0.15) is 30.4 Å². The molecule has 0 saturated heterocycles. The molecule has 0 aromatic heterocycles. The highest BCUT2D eigenvalue weighted by molar-refractivity contribution is 6.31. The number of rotatable bonds is 2. The lowest BCUT2D eigenvalue weighted by Gasteiger charge is -2.37. The van der Waals surface area contributed by atoms with Crippen molar-refractivity contribution in [3.8, 4) is 0 Å². The fourth-order valence-corrected chi connectivity index (χ4v) is 2.43. The molecule has 1 saturated carbocycles. The summed E-state index contributed by atoms with van der Waals surface area (Å²) >= 11 is 5.97. The molecule has 0 atom stereocenters. The van der Waals surface area contributed by atoms with Crippen molar-refractivity contribution in [1.29, 1.82) is 0 Å². The predicted molar refractivity (Wildman–Crippen MR) is 59.8 cm³/mol. The third-order valence-corrected chi connectivity index (χ3v) is 3.59. The first-order valence-corrected chi connectivity index (χ1v) is 5.53. The van der Waals surface area contributed by atoms with Gasteiger partial charge in [0.2, 0.25) is 6.08 Å². The first-order chi connectivity index (χ1) is 7.60. The number of halogens is 2. The number of hydrogen-bond acceptors (Lipinski definition) is 2. The van der Waals surface area contributed by atoms with Gasteiger partial charge in [0.25, 0.3) is 0 Å². The monoisotopic (exact) mass is 239 g/mol. The van der Waals surface area contributed by atoms with Gasteiger partial charge in [0.05, 0.1) is 10.6 Å². The standard InChI is InChI=1S/C12H11ClFNO/c1-8-3-4-9(10(13)11(8)14)12(15-7-16)5-2-6-12/h3-4H,2,5-6H2,1H3. The molecular weight excluding hydrogens is 229 g/mol. The molecule has 1 fully saturated rings. The fraction of sp³-hybridized carbons (Fsp3) is 0.417. The quantitative estimate of drug-likeness (QED) is 0.574. The van der Waals surface area contributed by atoms with E-state index in [1.807, 2.05) is 0 Å². The second-order valence-electron chi connectivity index (χ2n) is 4.15. The molecule has 0 radical (unpaired) electrons. The number of isocyanates is 1. The maximum absolute atomic E-state index is 13.7. The van der Waals surface area contributed by atoms with Crippen molar-refractivity contribution in [3.05, 3.63) is 34.1 Å². The summed E-state index contributed by atoms with van der Waals surface area (Å²) in [5.41, 5.74) is 0.470. The molecule has 2 nitrogen and oxygen atoms in total. The molecule has 0 N–H and O–H groups in total. The van der Waals surface area contributed by atoms with Gasteiger partial charge in [-0.25, -0.2) is 9.18 Å². The largest absolute Gasteiger partial charge is 0.235 e. The van der Waals surface area contributed by atoms with E-state index in [1.54, 1.807) is 25.1 Å². The Morgan fingerprint density at radius 2 is 2.19 bits per heavy atom. The predicted octanol–water partition coefficient (Wildman–Crippen LogP) is 3.50. The Morgan fingerprint density at radius 1 is 1.50 bits per heavy atom. The van der Waals surface area contributed by atoms with E-state index in [1.165, 1.54) is 0 Å². The SMILES string of the molecule is Cc1ccc(C2(N=C=O)CCC2)c(Cl)c1F. The van der Waals surface area contributed by atoms with Crippen molar-refractivity contribution < 1.29 is 9.18 Å². The highest BCUT2D eigenvalue weighted by atomic mass is 35.5. The average Bonchev–Trinajstić information content (AvgIpc) is 2.21. The van der Waals surface area contributed by atoms with E-state index in [0.717, 1.165) is 19.3 Å². The van der Waals surface area contributed by atoms with Gasteiger partial charge in [-0.3, -0.25) is 0 Å². The molecule has 0 unspecified atom stereocenters. The van der Waals surface area contributed by atoms with E-state index in [0.29, 0.717) is 11.1 Å². The second kappa shape index (κ2) is 4.00. The Labute approximate surface area is 98.1 Å². The van der Waals surface area contributed by atoms with Crippen LogP contribution in [0, 0.1) is 12.7 Å². The van der Waals surface area contributed by atoms with Gasteiger partial charge in [0.15, 0.2) is 0 Å². The Morgan fingerprint density at radius 3 is 2.69 bits per heavy atom. The smallest absolute Gasteiger partial charge is 0.211 e. The minimum atomic E-state index is -0.632. The first kappa shape index (κ1) is 11.3. The van der Waals surface area contributed by atoms with Crippen molar-refractivity contribution in [3.63, 3.8) is 0 Å². The van der Waals surface area contributed by atoms with E-state index < -0.39 is 11.4 Å². The molecule has 1 aliphatic carbocycles. The summed E-state index contributed by atoms with van der Waals surface area (Å²) in [6, 6.07) is 3.41. The number of nitrogens with zero attached hydrogens (tertiary/aromatic N) is 1. The fourth-order valence-electron chi connectivity index (χ4n) is 2.05. The number of carbonyl (C=O) groups excluding carboxylic acids is 1. The number of benzene rings is 1. The highest BCUT2D eigenvalue weighted by Gasteiger charge is 2.41. The zero-order valence-corrected chi connectivity index (χ0v) is 9.64. The Kier molecular flexibility index (Phi) is 2.83. The molecule has 0 spiro atoms. The molecular formula is C12H11ClFNO. The summed E-state index contributed by atoms with van der Waals surface area (Å²) in [5.74, 6) is -0.424. The van der Waals surface area contributed by atoms with Gasteiger partial charge < -0.3 is 0 Å². The van der Waals surface area contributed by atoms with Crippen molar-refractivity contribution >= 4 is 17.7 Å². The third-order valence-electron chi connectivity index (χ3n) is 3.22. The summed E-state index contributed by atoms with van der Waals surface area (Å²) in [7, 11) is 0. The molecule has 0 aliphatic heterocycles. The third kappa shape index (κ3) is 1.57. The van der Waals surface area contributed by atoms with Gasteiger partial charge in [0, 0.05) is 5.56 Å². The summed E-state index contributed by atoms with van der Waals surface area (Å²) < 4.78 is 13.7. The van der Waals surface area contributed by atoms with Crippen LogP contribution < -0.4 is 0 Å². The van der Waals surface area contributed by atoms with Crippen molar-refractivity contribution in [1.82, 2.24) is 0 Å². The topological polar surface area (TPSA) is 29.4 Å².